The summed E-state index contributed by atoms with van der Waals surface area (Å²) in [5.41, 5.74) is 1.32. The minimum Gasteiger partial charge on any atom is -0.496 e. The van der Waals surface area contributed by atoms with Crippen LogP contribution >= 0.6 is 0 Å². The van der Waals surface area contributed by atoms with Crippen LogP contribution in [-0.4, -0.2) is 58.7 Å². The molecular weight excluding hydrogens is 406 g/mol. The van der Waals surface area contributed by atoms with E-state index in [1.807, 2.05) is 55.6 Å². The fourth-order valence-corrected chi connectivity index (χ4v) is 4.17. The van der Waals surface area contributed by atoms with Crippen molar-refractivity contribution in [1.29, 1.82) is 0 Å². The molecule has 2 aliphatic heterocycles. The Morgan fingerprint density at radius 3 is 2.53 bits per heavy atom. The van der Waals surface area contributed by atoms with Crippen LogP contribution in [0.1, 0.15) is 17.4 Å². The lowest BCUT2D eigenvalue weighted by Crippen LogP contribution is -2.52. The van der Waals surface area contributed by atoms with Crippen LogP contribution in [0, 0.1) is 6.92 Å². The van der Waals surface area contributed by atoms with Crippen molar-refractivity contribution in [3.05, 3.63) is 76.3 Å². The first-order valence-electron chi connectivity index (χ1n) is 10.6. The number of benzene rings is 1. The number of rotatable bonds is 3. The third-order valence-electron chi connectivity index (χ3n) is 5.76. The quantitative estimate of drug-likeness (QED) is 0.680. The van der Waals surface area contributed by atoms with Crippen LogP contribution in [0.25, 0.3) is 0 Å². The first-order valence-corrected chi connectivity index (χ1v) is 10.6. The molecule has 9 heteroatoms. The van der Waals surface area contributed by atoms with Crippen LogP contribution in [-0.2, 0) is 0 Å². The van der Waals surface area contributed by atoms with Crippen LogP contribution in [0.4, 0.5) is 11.8 Å². The first kappa shape index (κ1) is 20.0. The molecule has 1 N–H and O–H groups in total. The number of methoxy groups -OCH3 is 1. The van der Waals surface area contributed by atoms with E-state index in [0.29, 0.717) is 23.4 Å². The van der Waals surface area contributed by atoms with Crippen molar-refractivity contribution in [3.8, 4) is 5.75 Å². The second-order valence-corrected chi connectivity index (χ2v) is 7.78. The molecule has 2 aromatic heterocycles. The van der Waals surface area contributed by atoms with Gasteiger partial charge in [0.15, 0.2) is 6.17 Å². The molecule has 0 aliphatic carbocycles. The monoisotopic (exact) mass is 431 g/mol. The summed E-state index contributed by atoms with van der Waals surface area (Å²) in [5.74, 6) is 2.86. The molecule has 1 fully saturated rings. The summed E-state index contributed by atoms with van der Waals surface area (Å²) in [6.07, 6.45) is 1.25. The number of aromatic nitrogens is 3. The Hall–Kier alpha value is -3.88. The zero-order valence-electron chi connectivity index (χ0n) is 18.1. The summed E-state index contributed by atoms with van der Waals surface area (Å²) in [6.45, 7) is 5.02. The Morgan fingerprint density at radius 1 is 1.03 bits per heavy atom. The predicted molar refractivity (Wildman–Crippen MR) is 123 cm³/mol. The van der Waals surface area contributed by atoms with E-state index in [9.17, 15) is 4.79 Å². The molecule has 1 aromatic carbocycles. The van der Waals surface area contributed by atoms with Gasteiger partial charge in [-0.15, -0.1) is 0 Å². The molecule has 0 unspecified atom stereocenters. The molecule has 9 nitrogen and oxygen atoms in total. The van der Waals surface area contributed by atoms with E-state index in [1.54, 1.807) is 11.7 Å². The lowest BCUT2D eigenvalue weighted by Gasteiger charge is -2.39. The Kier molecular flexibility index (Phi) is 5.22. The number of fused-ring (bicyclic) bond motifs is 1. The first-order chi connectivity index (χ1) is 15.6. The highest BCUT2D eigenvalue weighted by Gasteiger charge is 2.30. The second kappa shape index (κ2) is 8.33. The molecule has 1 atom stereocenters. The van der Waals surface area contributed by atoms with Crippen molar-refractivity contribution in [1.82, 2.24) is 19.4 Å². The van der Waals surface area contributed by atoms with Crippen LogP contribution in [0.15, 0.2) is 64.5 Å². The summed E-state index contributed by atoms with van der Waals surface area (Å²) in [7, 11) is 1.62. The summed E-state index contributed by atoms with van der Waals surface area (Å²) < 4.78 is 7.15. The lowest BCUT2D eigenvalue weighted by molar-refractivity contribution is 0.372. The number of piperazine rings is 1. The van der Waals surface area contributed by atoms with Gasteiger partial charge in [-0.2, -0.15) is 0 Å². The van der Waals surface area contributed by atoms with E-state index < -0.39 is 6.17 Å². The molecule has 0 radical (unpaired) electrons. The van der Waals surface area contributed by atoms with Crippen molar-refractivity contribution in [2.45, 2.75) is 13.1 Å². The van der Waals surface area contributed by atoms with E-state index in [-0.39, 0.29) is 5.56 Å². The van der Waals surface area contributed by atoms with Gasteiger partial charge in [-0.1, -0.05) is 24.3 Å². The minimum atomic E-state index is -0.563. The molecule has 5 rings (SSSR count). The van der Waals surface area contributed by atoms with Crippen molar-refractivity contribution >= 4 is 17.7 Å². The van der Waals surface area contributed by atoms with Gasteiger partial charge >= 0.3 is 0 Å². The number of aliphatic imine (C=N–C) groups is 1. The van der Waals surface area contributed by atoms with Crippen molar-refractivity contribution < 1.29 is 4.74 Å². The Balaban J connectivity index is 1.48. The number of anilines is 2. The van der Waals surface area contributed by atoms with Crippen molar-refractivity contribution in [2.75, 3.05) is 43.5 Å². The highest BCUT2D eigenvalue weighted by molar-refractivity contribution is 5.93. The Bertz CT molecular complexity index is 1200. The second-order valence-electron chi connectivity index (χ2n) is 7.78. The summed E-state index contributed by atoms with van der Waals surface area (Å²) in [5, 5.41) is 3.29. The standard InChI is InChI=1S/C23H25N7O2/c1-16-15-20(31)30-21(17-7-3-4-8-18(17)32-2)26-22(27-23(30)25-16)29-13-11-28(12-14-29)19-9-5-6-10-24-19/h3-10,15,21H,11-14H2,1-2H3,(H,25,26,27)/t21-/m0/s1. The highest BCUT2D eigenvalue weighted by atomic mass is 16.5. The van der Waals surface area contributed by atoms with Gasteiger partial charge < -0.3 is 14.5 Å². The number of pyridine rings is 1. The fourth-order valence-electron chi connectivity index (χ4n) is 4.17. The van der Waals surface area contributed by atoms with Gasteiger partial charge in [0.25, 0.3) is 5.56 Å². The molecule has 0 amide bonds. The average Bonchev–Trinajstić information content (AvgIpc) is 2.83. The number of nitrogens with one attached hydrogen (secondary N) is 1. The number of guanidine groups is 1. The van der Waals surface area contributed by atoms with Crippen LogP contribution < -0.4 is 20.5 Å². The molecule has 0 spiro atoms. The van der Waals surface area contributed by atoms with Gasteiger partial charge in [-0.05, 0) is 25.1 Å². The van der Waals surface area contributed by atoms with Gasteiger partial charge in [0.05, 0.1) is 7.11 Å². The number of hydrogen-bond donors (Lipinski definition) is 1. The van der Waals surface area contributed by atoms with Crippen LogP contribution in [0.2, 0.25) is 0 Å². The third-order valence-corrected chi connectivity index (χ3v) is 5.76. The maximum Gasteiger partial charge on any atom is 0.257 e. The lowest BCUT2D eigenvalue weighted by atomic mass is 10.1. The molecule has 164 valence electrons. The zero-order valence-corrected chi connectivity index (χ0v) is 18.1. The topological polar surface area (TPSA) is 87.9 Å². The molecule has 4 heterocycles. The van der Waals surface area contributed by atoms with Gasteiger partial charge in [0.1, 0.15) is 11.6 Å². The molecule has 0 bridgehead atoms. The number of aryl methyl sites for hydroxylation is 1. The molecule has 2 aliphatic rings. The van der Waals surface area contributed by atoms with Crippen molar-refractivity contribution in [3.63, 3.8) is 0 Å². The molecular formula is C23H25N7O2. The fraction of sp³-hybridized carbons (Fsp3) is 0.304. The van der Waals surface area contributed by atoms with Gasteiger partial charge in [0.2, 0.25) is 11.9 Å². The van der Waals surface area contributed by atoms with Gasteiger partial charge in [-0.3, -0.25) is 14.7 Å². The van der Waals surface area contributed by atoms with Crippen LogP contribution in [0.3, 0.4) is 0 Å². The third kappa shape index (κ3) is 3.66. The predicted octanol–water partition coefficient (Wildman–Crippen LogP) is 2.11. The number of para-hydroxylation sites is 1. The van der Waals surface area contributed by atoms with Crippen molar-refractivity contribution in [2.24, 2.45) is 4.99 Å². The Morgan fingerprint density at radius 2 is 1.78 bits per heavy atom. The maximum atomic E-state index is 12.9. The van der Waals surface area contributed by atoms with E-state index in [1.165, 1.54) is 6.07 Å². The molecule has 3 aromatic rings. The molecule has 1 saturated heterocycles. The van der Waals surface area contributed by atoms with Crippen LogP contribution in [0.5, 0.6) is 5.75 Å². The van der Waals surface area contributed by atoms with E-state index in [2.05, 4.69) is 25.1 Å². The maximum absolute atomic E-state index is 12.9. The smallest absolute Gasteiger partial charge is 0.257 e. The summed E-state index contributed by atoms with van der Waals surface area (Å²) in [4.78, 5) is 31.4. The van der Waals surface area contributed by atoms with E-state index in [4.69, 9.17) is 9.73 Å². The highest BCUT2D eigenvalue weighted by Crippen LogP contribution is 2.32. The SMILES string of the molecule is COc1ccccc1[C@H]1N=C(N2CCN(c3ccccn3)CC2)Nc2nc(C)cc(=O)n21. The van der Waals surface area contributed by atoms with E-state index >= 15 is 0 Å². The average molecular weight is 432 g/mol. The molecule has 0 saturated carbocycles. The van der Waals surface area contributed by atoms with Gasteiger partial charge in [0, 0.05) is 49.7 Å². The number of ether oxygens (including phenoxy) is 1. The number of nitrogens with zero attached hydrogens (tertiary/aromatic N) is 6. The largest absolute Gasteiger partial charge is 0.496 e. The van der Waals surface area contributed by atoms with Gasteiger partial charge in [-0.25, -0.2) is 15.0 Å². The molecule has 32 heavy (non-hydrogen) atoms. The minimum absolute atomic E-state index is 0.154. The summed E-state index contributed by atoms with van der Waals surface area (Å²) in [6, 6.07) is 15.1. The zero-order chi connectivity index (χ0) is 22.1. The van der Waals surface area contributed by atoms with E-state index in [0.717, 1.165) is 37.6 Å². The Labute approximate surface area is 186 Å². The summed E-state index contributed by atoms with van der Waals surface area (Å²) >= 11 is 0. The normalized spacial score (nSPS) is 17.9. The number of hydrogen-bond acceptors (Lipinski definition) is 8.